The summed E-state index contributed by atoms with van der Waals surface area (Å²) in [5.41, 5.74) is 9.25. The van der Waals surface area contributed by atoms with Crippen molar-refractivity contribution in [1.82, 2.24) is 0 Å². The van der Waals surface area contributed by atoms with Gasteiger partial charge in [-0.1, -0.05) is 132 Å². The van der Waals surface area contributed by atoms with Crippen LogP contribution < -0.4 is 10.4 Å². The van der Waals surface area contributed by atoms with Crippen LogP contribution in [0.5, 0.6) is 0 Å². The zero-order valence-corrected chi connectivity index (χ0v) is 23.8. The van der Waals surface area contributed by atoms with Crippen molar-refractivity contribution in [1.29, 1.82) is 0 Å². The Hall–Kier alpha value is -2.03. The molecule has 0 aliphatic rings. The second kappa shape index (κ2) is 9.63. The maximum atomic E-state index is 7.15. The van der Waals surface area contributed by atoms with E-state index in [2.05, 4.69) is 144 Å². The minimum Gasteiger partial charge on any atom is -0.523 e. The third-order valence-electron chi connectivity index (χ3n) is 4.86. The SMILES string of the molecule is CC(C)(C)[Si](OC(=C=C[Si](C)(C)C)C#C[Si](C)(C)C)(c1ccccc1)c1ccccc1. The number of rotatable bonds is 5. The standard InChI is InChI=1S/C27H38OSi3/c1-27(2,3)31(25-16-12-10-13-17-25,26-18-14-11-15-19-26)28-24(20-22-29(4,5)6)21-23-30(7,8)9/h10-19,22H,1-9H3. The molecule has 2 rings (SSSR count). The van der Waals surface area contributed by atoms with Gasteiger partial charge < -0.3 is 4.43 Å². The summed E-state index contributed by atoms with van der Waals surface area (Å²) < 4.78 is 7.15. The maximum absolute atomic E-state index is 7.15. The normalized spacial score (nSPS) is 12.3. The van der Waals surface area contributed by atoms with Gasteiger partial charge in [-0.25, -0.2) is 0 Å². The van der Waals surface area contributed by atoms with Crippen LogP contribution >= 0.6 is 0 Å². The van der Waals surface area contributed by atoms with Crippen molar-refractivity contribution >= 4 is 34.8 Å². The number of hydrogen-bond donors (Lipinski definition) is 0. The Morgan fingerprint density at radius 1 is 0.774 bits per heavy atom. The minimum absolute atomic E-state index is 0.0946. The molecule has 0 bridgehead atoms. The summed E-state index contributed by atoms with van der Waals surface area (Å²) in [5, 5.41) is 2.43. The number of hydrogen-bond acceptors (Lipinski definition) is 1. The van der Waals surface area contributed by atoms with E-state index in [9.17, 15) is 0 Å². The number of benzene rings is 2. The molecule has 4 heteroatoms. The van der Waals surface area contributed by atoms with Gasteiger partial charge in [0.05, 0.1) is 8.07 Å². The molecule has 2 aromatic rings. The van der Waals surface area contributed by atoms with Gasteiger partial charge in [0.2, 0.25) is 5.76 Å². The Bertz CT molecular complexity index is 947. The van der Waals surface area contributed by atoms with Crippen molar-refractivity contribution in [2.24, 2.45) is 0 Å². The third-order valence-corrected chi connectivity index (χ3v) is 11.7. The molecule has 2 aromatic carbocycles. The van der Waals surface area contributed by atoms with Crippen LogP contribution in [0, 0.1) is 11.5 Å². The van der Waals surface area contributed by atoms with Gasteiger partial charge >= 0.3 is 8.32 Å². The Morgan fingerprint density at radius 2 is 1.23 bits per heavy atom. The lowest BCUT2D eigenvalue weighted by Crippen LogP contribution is -2.66. The molecule has 164 valence electrons. The van der Waals surface area contributed by atoms with Gasteiger partial charge in [0, 0.05) is 0 Å². The maximum Gasteiger partial charge on any atom is 0.321 e. The fraction of sp³-hybridized carbons (Fsp3) is 0.370. The molecule has 0 aromatic heterocycles. The summed E-state index contributed by atoms with van der Waals surface area (Å²) in [4.78, 5) is 0. The molecule has 0 fully saturated rings. The molecule has 0 unspecified atom stereocenters. The van der Waals surface area contributed by atoms with Crippen LogP contribution in [0.2, 0.25) is 44.3 Å². The molecule has 0 N–H and O–H groups in total. The average Bonchev–Trinajstić information content (AvgIpc) is 2.66. The lowest BCUT2D eigenvalue weighted by Gasteiger charge is -2.42. The molecule has 0 spiro atoms. The molecule has 0 heterocycles. The first kappa shape index (κ1) is 25.2. The smallest absolute Gasteiger partial charge is 0.321 e. The van der Waals surface area contributed by atoms with Crippen molar-refractivity contribution in [3.8, 4) is 11.5 Å². The highest BCUT2D eigenvalue weighted by atomic mass is 28.4. The molecule has 31 heavy (non-hydrogen) atoms. The van der Waals surface area contributed by atoms with Gasteiger partial charge in [-0.2, -0.15) is 0 Å². The van der Waals surface area contributed by atoms with Crippen molar-refractivity contribution in [3.63, 3.8) is 0 Å². The molecule has 0 saturated heterocycles. The Balaban J connectivity index is 2.84. The van der Waals surface area contributed by atoms with Gasteiger partial charge in [-0.05, 0) is 21.3 Å². The van der Waals surface area contributed by atoms with E-state index in [1.165, 1.54) is 10.4 Å². The first-order valence-electron chi connectivity index (χ1n) is 11.1. The van der Waals surface area contributed by atoms with Crippen molar-refractivity contribution in [2.75, 3.05) is 0 Å². The lowest BCUT2D eigenvalue weighted by atomic mass is 10.2. The molecular weight excluding hydrogens is 425 g/mol. The highest BCUT2D eigenvalue weighted by Crippen LogP contribution is 2.37. The lowest BCUT2D eigenvalue weighted by molar-refractivity contribution is 0.419. The van der Waals surface area contributed by atoms with Crippen LogP contribution in [0.1, 0.15) is 20.8 Å². The molecule has 0 saturated carbocycles. The van der Waals surface area contributed by atoms with Gasteiger partial charge in [0.1, 0.15) is 8.07 Å². The molecule has 0 amide bonds. The summed E-state index contributed by atoms with van der Waals surface area (Å²) in [6, 6.07) is 21.5. The quantitative estimate of drug-likeness (QED) is 0.217. The van der Waals surface area contributed by atoms with Crippen LogP contribution in [-0.4, -0.2) is 24.5 Å². The summed E-state index contributed by atoms with van der Waals surface area (Å²) in [7, 11) is -5.71. The van der Waals surface area contributed by atoms with Crippen molar-refractivity contribution < 1.29 is 4.43 Å². The van der Waals surface area contributed by atoms with Gasteiger partial charge in [-0.3, -0.25) is 0 Å². The zero-order valence-electron chi connectivity index (χ0n) is 20.8. The van der Waals surface area contributed by atoms with Crippen LogP contribution in [0.4, 0.5) is 0 Å². The first-order chi connectivity index (χ1) is 14.2. The summed E-state index contributed by atoms with van der Waals surface area (Å²) >= 11 is 0. The van der Waals surface area contributed by atoms with Gasteiger partial charge in [0.15, 0.2) is 0 Å². The highest BCUT2D eigenvalue weighted by Gasteiger charge is 2.52. The molecule has 0 aliphatic heterocycles. The molecule has 0 aliphatic carbocycles. The number of allylic oxidation sites excluding steroid dienone is 1. The van der Waals surface area contributed by atoms with E-state index < -0.39 is 24.5 Å². The second-order valence-corrected chi connectivity index (χ2v) is 25.2. The predicted octanol–water partition coefficient (Wildman–Crippen LogP) is 6.36. The van der Waals surface area contributed by atoms with Crippen LogP contribution in [0.25, 0.3) is 0 Å². The van der Waals surface area contributed by atoms with E-state index in [0.29, 0.717) is 5.76 Å². The largest absolute Gasteiger partial charge is 0.523 e. The monoisotopic (exact) mass is 462 g/mol. The highest BCUT2D eigenvalue weighted by molar-refractivity contribution is 6.99. The van der Waals surface area contributed by atoms with Crippen molar-refractivity contribution in [2.45, 2.75) is 65.1 Å². The Morgan fingerprint density at radius 3 is 1.58 bits per heavy atom. The molecule has 0 radical (unpaired) electrons. The fourth-order valence-electron chi connectivity index (χ4n) is 3.42. The van der Waals surface area contributed by atoms with Crippen molar-refractivity contribution in [3.05, 3.63) is 77.9 Å². The summed E-state index contributed by atoms with van der Waals surface area (Å²) in [5.74, 6) is 4.11. The van der Waals surface area contributed by atoms with E-state index in [1.54, 1.807) is 0 Å². The zero-order chi connectivity index (χ0) is 23.3. The van der Waals surface area contributed by atoms with Gasteiger partial charge in [-0.15, -0.1) is 5.54 Å². The van der Waals surface area contributed by atoms with E-state index in [-0.39, 0.29) is 5.04 Å². The minimum atomic E-state index is -2.70. The average molecular weight is 463 g/mol. The molecular formula is C27H38OSi3. The first-order valence-corrected chi connectivity index (χ1v) is 20.0. The van der Waals surface area contributed by atoms with E-state index >= 15 is 0 Å². The van der Waals surface area contributed by atoms with E-state index in [1.807, 2.05) is 0 Å². The van der Waals surface area contributed by atoms with E-state index in [0.717, 1.165) is 0 Å². The van der Waals surface area contributed by atoms with Crippen LogP contribution in [0.3, 0.4) is 0 Å². The van der Waals surface area contributed by atoms with E-state index in [4.69, 9.17) is 4.43 Å². The third kappa shape index (κ3) is 6.98. The second-order valence-electron chi connectivity index (χ2n) is 11.2. The van der Waals surface area contributed by atoms with Crippen LogP contribution in [0.15, 0.2) is 77.9 Å². The summed E-state index contributed by atoms with van der Waals surface area (Å²) in [6.07, 6.45) is 0. The topological polar surface area (TPSA) is 9.23 Å². The van der Waals surface area contributed by atoms with Gasteiger partial charge in [0.25, 0.3) is 0 Å². The predicted molar refractivity (Wildman–Crippen MR) is 145 cm³/mol. The Kier molecular flexibility index (Phi) is 7.84. The Labute approximate surface area is 193 Å². The fourth-order valence-corrected chi connectivity index (χ4v) is 8.82. The molecule has 1 nitrogen and oxygen atoms in total. The van der Waals surface area contributed by atoms with Crippen LogP contribution in [-0.2, 0) is 4.43 Å². The summed E-state index contributed by atoms with van der Waals surface area (Å²) in [6.45, 7) is 20.6. The molecule has 0 atom stereocenters.